The molecule has 40 heavy (non-hydrogen) atoms. The van der Waals surface area contributed by atoms with E-state index in [0.717, 1.165) is 12.8 Å². The Labute approximate surface area is 230 Å². The van der Waals surface area contributed by atoms with E-state index in [-0.39, 0.29) is 40.3 Å². The normalized spacial score (nSPS) is 16.8. The van der Waals surface area contributed by atoms with Crippen LogP contribution >= 0.6 is 0 Å². The molecule has 2 aliphatic rings. The van der Waals surface area contributed by atoms with Gasteiger partial charge in [-0.05, 0) is 36.6 Å². The maximum atomic E-state index is 13.5. The van der Waals surface area contributed by atoms with Gasteiger partial charge in [0.2, 0.25) is 0 Å². The number of hydrogen-bond donors (Lipinski definition) is 2. The van der Waals surface area contributed by atoms with Crippen molar-refractivity contribution in [2.75, 3.05) is 19.1 Å². The Kier molecular flexibility index (Phi) is 7.07. The van der Waals surface area contributed by atoms with Crippen LogP contribution in [-0.4, -0.2) is 47.7 Å². The molecule has 0 bridgehead atoms. The highest BCUT2D eigenvalue weighted by Crippen LogP contribution is 2.44. The first kappa shape index (κ1) is 26.2. The zero-order valence-corrected chi connectivity index (χ0v) is 21.8. The van der Waals surface area contributed by atoms with E-state index in [9.17, 15) is 19.6 Å². The van der Waals surface area contributed by atoms with Gasteiger partial charge in [0.15, 0.2) is 0 Å². The molecule has 11 nitrogen and oxygen atoms in total. The molecule has 1 amide bonds. The van der Waals surface area contributed by atoms with E-state index < -0.39 is 17.9 Å². The minimum absolute atomic E-state index is 0.0173. The van der Waals surface area contributed by atoms with E-state index in [4.69, 9.17) is 15.2 Å². The van der Waals surface area contributed by atoms with Crippen molar-refractivity contribution >= 4 is 23.5 Å². The fraction of sp³-hybridized carbons (Fsp3) is 0.207. The number of nitrogens with zero attached hydrogens (tertiary/aromatic N) is 4. The van der Waals surface area contributed by atoms with Gasteiger partial charge in [-0.25, -0.2) is 14.6 Å². The van der Waals surface area contributed by atoms with Crippen molar-refractivity contribution in [3.05, 3.63) is 101 Å². The molecule has 1 fully saturated rings. The highest BCUT2D eigenvalue weighted by Gasteiger charge is 2.43. The number of hydrogen-bond acceptors (Lipinski definition) is 9. The Balaban J connectivity index is 1.82. The summed E-state index contributed by atoms with van der Waals surface area (Å²) in [6.07, 6.45) is 6.58. The fourth-order valence-electron chi connectivity index (χ4n) is 4.72. The van der Waals surface area contributed by atoms with Crippen LogP contribution in [0.1, 0.15) is 34.7 Å². The number of amides is 1. The third kappa shape index (κ3) is 4.67. The van der Waals surface area contributed by atoms with Crippen molar-refractivity contribution in [1.82, 2.24) is 14.9 Å². The molecule has 202 valence electrons. The lowest BCUT2D eigenvalue weighted by Gasteiger charge is -2.36. The number of rotatable bonds is 7. The van der Waals surface area contributed by atoms with Gasteiger partial charge in [0.05, 0.1) is 55.1 Å². The zero-order chi connectivity index (χ0) is 28.4. The highest BCUT2D eigenvalue weighted by atomic mass is 16.5. The summed E-state index contributed by atoms with van der Waals surface area (Å²) in [6.45, 7) is 0. The van der Waals surface area contributed by atoms with Gasteiger partial charge in [-0.2, -0.15) is 5.26 Å². The number of methoxy groups -OCH3 is 2. The molecular weight excluding hydrogens is 512 g/mol. The number of esters is 2. The summed E-state index contributed by atoms with van der Waals surface area (Å²) in [5, 5.41) is 13.3. The topological polar surface area (TPSA) is 153 Å². The van der Waals surface area contributed by atoms with E-state index in [1.165, 1.54) is 25.4 Å². The molecule has 1 saturated carbocycles. The van der Waals surface area contributed by atoms with E-state index >= 15 is 0 Å². The van der Waals surface area contributed by atoms with E-state index in [1.54, 1.807) is 65.5 Å². The Hall–Kier alpha value is -5.37. The summed E-state index contributed by atoms with van der Waals surface area (Å²) in [7, 11) is 2.36. The molecule has 3 N–H and O–H groups in total. The van der Waals surface area contributed by atoms with Crippen LogP contribution in [0, 0.1) is 11.3 Å². The number of nitrogens with two attached hydrogens (primary N) is 1. The number of anilines is 1. The standard InChI is InChI=1S/C29H26N6O5/c1-39-28(37)24-23(17-6-4-3-5-7-17)20(15-30)26(31)35(25(24)29(38)40-2)22-14-18(27(36)33-19-9-10-19)8-11-21(22)34-13-12-32-16-34/h3-8,11-14,16,19,23H,9-10,31H2,1-2H3,(H,33,36). The lowest BCUT2D eigenvalue weighted by Crippen LogP contribution is -2.41. The predicted octanol–water partition coefficient (Wildman–Crippen LogP) is 2.66. The first-order chi connectivity index (χ1) is 19.4. The summed E-state index contributed by atoms with van der Waals surface area (Å²) >= 11 is 0. The number of nitriles is 1. The number of nitrogens with one attached hydrogen (secondary N) is 1. The van der Waals surface area contributed by atoms with Gasteiger partial charge in [0.25, 0.3) is 5.91 Å². The zero-order valence-electron chi connectivity index (χ0n) is 21.8. The number of ether oxygens (including phenoxy) is 2. The summed E-state index contributed by atoms with van der Waals surface area (Å²) in [5.41, 5.74) is 7.91. The van der Waals surface area contributed by atoms with Gasteiger partial charge in [-0.1, -0.05) is 30.3 Å². The summed E-state index contributed by atoms with van der Waals surface area (Å²) < 4.78 is 11.9. The molecule has 1 unspecified atom stereocenters. The Morgan fingerprint density at radius 1 is 1.05 bits per heavy atom. The van der Waals surface area contributed by atoms with E-state index in [0.29, 0.717) is 16.8 Å². The lowest BCUT2D eigenvalue weighted by molar-refractivity contribution is -0.139. The van der Waals surface area contributed by atoms with Crippen molar-refractivity contribution in [2.45, 2.75) is 24.8 Å². The molecular formula is C29H26N6O5. The Bertz CT molecular complexity index is 1580. The third-order valence-electron chi connectivity index (χ3n) is 6.78. The van der Waals surface area contributed by atoms with Gasteiger partial charge in [-0.15, -0.1) is 0 Å². The largest absolute Gasteiger partial charge is 0.466 e. The highest BCUT2D eigenvalue weighted by molar-refractivity contribution is 6.07. The van der Waals surface area contributed by atoms with Gasteiger partial charge in [0, 0.05) is 24.0 Å². The Morgan fingerprint density at radius 3 is 2.38 bits per heavy atom. The third-order valence-corrected chi connectivity index (χ3v) is 6.78. The number of aromatic nitrogens is 2. The molecule has 2 heterocycles. The Morgan fingerprint density at radius 2 is 1.77 bits per heavy atom. The van der Waals surface area contributed by atoms with Crippen LogP contribution in [0.2, 0.25) is 0 Å². The van der Waals surface area contributed by atoms with Gasteiger partial charge >= 0.3 is 11.9 Å². The lowest BCUT2D eigenvalue weighted by atomic mass is 9.81. The average Bonchev–Trinajstić information content (AvgIpc) is 3.63. The molecule has 0 radical (unpaired) electrons. The van der Waals surface area contributed by atoms with Crippen molar-refractivity contribution in [3.63, 3.8) is 0 Å². The second kappa shape index (κ2) is 10.8. The second-order valence-electron chi connectivity index (χ2n) is 9.26. The predicted molar refractivity (Wildman–Crippen MR) is 144 cm³/mol. The number of carbonyl (C=O) groups excluding carboxylic acids is 3. The minimum Gasteiger partial charge on any atom is -0.466 e. The van der Waals surface area contributed by atoms with E-state index in [1.807, 2.05) is 0 Å². The molecule has 0 spiro atoms. The van der Waals surface area contributed by atoms with Crippen molar-refractivity contribution in [2.24, 2.45) is 5.73 Å². The fourth-order valence-corrected chi connectivity index (χ4v) is 4.72. The van der Waals surface area contributed by atoms with Gasteiger partial charge in [0.1, 0.15) is 11.5 Å². The smallest absolute Gasteiger partial charge is 0.355 e. The number of benzene rings is 2. The molecule has 1 aromatic heterocycles. The minimum atomic E-state index is -1.01. The molecule has 5 rings (SSSR count). The van der Waals surface area contributed by atoms with Crippen LogP contribution in [-0.2, 0) is 19.1 Å². The van der Waals surface area contributed by atoms with Crippen LogP contribution in [0.3, 0.4) is 0 Å². The maximum Gasteiger partial charge on any atom is 0.355 e. The molecule has 2 aromatic carbocycles. The van der Waals surface area contributed by atoms with Crippen LogP contribution in [0.5, 0.6) is 0 Å². The number of carbonyl (C=O) groups is 3. The maximum absolute atomic E-state index is 13.5. The quantitative estimate of drug-likeness (QED) is 0.432. The summed E-state index contributed by atoms with van der Waals surface area (Å²) in [6, 6.07) is 15.8. The SMILES string of the molecule is COC(=O)C1=C(C(=O)OC)N(c2cc(C(=O)NC3CC3)ccc2-n2ccnc2)C(N)=C(C#N)C1c1ccccc1. The first-order valence-electron chi connectivity index (χ1n) is 12.5. The molecule has 1 aliphatic carbocycles. The van der Waals surface area contributed by atoms with Crippen LogP contribution in [0.4, 0.5) is 5.69 Å². The van der Waals surface area contributed by atoms with Crippen LogP contribution < -0.4 is 16.0 Å². The summed E-state index contributed by atoms with van der Waals surface area (Å²) in [5.74, 6) is -3.15. The van der Waals surface area contributed by atoms with Crippen LogP contribution in [0.25, 0.3) is 5.69 Å². The second-order valence-corrected chi connectivity index (χ2v) is 9.26. The monoisotopic (exact) mass is 538 g/mol. The van der Waals surface area contributed by atoms with Gasteiger partial charge < -0.3 is 25.1 Å². The molecule has 1 aliphatic heterocycles. The average molecular weight is 539 g/mol. The van der Waals surface area contributed by atoms with Crippen LogP contribution in [0.15, 0.2) is 89.9 Å². The van der Waals surface area contributed by atoms with Crippen molar-refractivity contribution in [1.29, 1.82) is 5.26 Å². The molecule has 1 atom stereocenters. The molecule has 11 heteroatoms. The van der Waals surface area contributed by atoms with Crippen molar-refractivity contribution in [3.8, 4) is 11.8 Å². The summed E-state index contributed by atoms with van der Waals surface area (Å²) in [4.78, 5) is 45.3. The van der Waals surface area contributed by atoms with Gasteiger partial charge in [-0.3, -0.25) is 9.69 Å². The number of allylic oxidation sites excluding steroid dienone is 1. The number of imidazole rings is 1. The van der Waals surface area contributed by atoms with E-state index in [2.05, 4.69) is 16.4 Å². The molecule has 3 aromatic rings. The first-order valence-corrected chi connectivity index (χ1v) is 12.5. The van der Waals surface area contributed by atoms with Crippen molar-refractivity contribution < 1.29 is 23.9 Å². The molecule has 0 saturated heterocycles.